The predicted molar refractivity (Wildman–Crippen MR) is 348 cm³/mol. The Morgan fingerprint density at radius 2 is 0.557 bits per heavy atom. The molecule has 0 aliphatic carbocycles. The number of carbonyl (C=O) groups excluding carboxylic acids is 1. The second-order valence-electron chi connectivity index (χ2n) is 24.9. The Hall–Kier alpha value is -1.47. The number of hydrogen-bond donors (Lipinski definition) is 5. The van der Waals surface area contributed by atoms with Gasteiger partial charge < -0.3 is 25.7 Å². The van der Waals surface area contributed by atoms with Crippen molar-refractivity contribution in [2.24, 2.45) is 0 Å². The van der Waals surface area contributed by atoms with Crippen LogP contribution in [0.25, 0.3) is 0 Å². The largest absolute Gasteiger partial charge is 0.394 e. The molecule has 0 saturated heterocycles. The highest BCUT2D eigenvalue weighted by atomic mass is 16.3. The van der Waals surface area contributed by atoms with Crippen LogP contribution in [0.15, 0.2) is 36.5 Å². The topological polar surface area (TPSA) is 110 Å². The van der Waals surface area contributed by atoms with Crippen molar-refractivity contribution in [3.8, 4) is 0 Å². The van der Waals surface area contributed by atoms with E-state index in [-0.39, 0.29) is 0 Å². The van der Waals surface area contributed by atoms with Crippen LogP contribution in [-0.4, -0.2) is 57.3 Å². The Labute approximate surface area is 494 Å². The molecule has 4 atom stereocenters. The fourth-order valence-corrected chi connectivity index (χ4v) is 11.5. The van der Waals surface area contributed by atoms with E-state index in [4.69, 9.17) is 0 Å². The molecule has 1 amide bonds. The summed E-state index contributed by atoms with van der Waals surface area (Å²) >= 11 is 0. The van der Waals surface area contributed by atoms with Crippen LogP contribution in [0.4, 0.5) is 0 Å². The summed E-state index contributed by atoms with van der Waals surface area (Å²) in [5.41, 5.74) is 0. The molecular formula is C73H141NO5. The number of allylic oxidation sites excluding steroid dienone is 6. The van der Waals surface area contributed by atoms with E-state index in [9.17, 15) is 25.2 Å². The Balaban J connectivity index is 3.55. The van der Waals surface area contributed by atoms with Crippen molar-refractivity contribution in [2.45, 2.75) is 417 Å². The highest BCUT2D eigenvalue weighted by Gasteiger charge is 2.28. The molecule has 0 spiro atoms. The summed E-state index contributed by atoms with van der Waals surface area (Å²) in [6.07, 6.45) is 87.1. The second kappa shape index (κ2) is 67.3. The first-order valence-electron chi connectivity index (χ1n) is 35.9. The number of aliphatic hydroxyl groups is 4. The van der Waals surface area contributed by atoms with Gasteiger partial charge in [0, 0.05) is 0 Å². The first-order chi connectivity index (χ1) is 39.0. The molecule has 0 heterocycles. The van der Waals surface area contributed by atoms with E-state index in [0.29, 0.717) is 12.8 Å². The molecule has 6 heteroatoms. The SMILES string of the molecule is CCCCCCCCCCCCCCCCC/C=C\C/C=C\CCCCCCCCCCCCCCCCCCC(O)C(=O)NC(CO)C(O)C(O)CCC/C=C/CCCCCCCCCCCCCCCCCCCCCC. The van der Waals surface area contributed by atoms with E-state index >= 15 is 0 Å². The van der Waals surface area contributed by atoms with E-state index in [1.165, 1.54) is 321 Å². The maximum atomic E-state index is 12.7. The lowest BCUT2D eigenvalue weighted by Gasteiger charge is -2.27. The van der Waals surface area contributed by atoms with Crippen LogP contribution in [0.2, 0.25) is 0 Å². The quantitative estimate of drug-likeness (QED) is 0.0308. The third-order valence-electron chi connectivity index (χ3n) is 17.1. The Bertz CT molecular complexity index is 1250. The fraction of sp³-hybridized carbons (Fsp3) is 0.904. The summed E-state index contributed by atoms with van der Waals surface area (Å²) in [5, 5.41) is 44.2. The molecule has 4 unspecified atom stereocenters. The molecule has 0 fully saturated rings. The van der Waals surface area contributed by atoms with Crippen molar-refractivity contribution < 1.29 is 25.2 Å². The first kappa shape index (κ1) is 77.5. The Morgan fingerprint density at radius 3 is 0.835 bits per heavy atom. The van der Waals surface area contributed by atoms with E-state index in [0.717, 1.165) is 44.9 Å². The van der Waals surface area contributed by atoms with E-state index in [2.05, 4.69) is 55.6 Å². The molecule has 0 aliphatic heterocycles. The minimum Gasteiger partial charge on any atom is -0.394 e. The number of carbonyl (C=O) groups is 1. The van der Waals surface area contributed by atoms with Gasteiger partial charge in [0.2, 0.25) is 5.91 Å². The summed E-state index contributed by atoms with van der Waals surface area (Å²) in [6, 6.07) is -1.00. The van der Waals surface area contributed by atoms with Crippen LogP contribution in [0.1, 0.15) is 393 Å². The van der Waals surface area contributed by atoms with E-state index in [1.54, 1.807) is 0 Å². The first-order valence-corrected chi connectivity index (χ1v) is 35.9. The van der Waals surface area contributed by atoms with Crippen LogP contribution >= 0.6 is 0 Å². The van der Waals surface area contributed by atoms with Gasteiger partial charge in [-0.15, -0.1) is 0 Å². The number of hydrogen-bond acceptors (Lipinski definition) is 5. The number of nitrogens with one attached hydrogen (secondary N) is 1. The second-order valence-corrected chi connectivity index (χ2v) is 24.9. The minimum atomic E-state index is -1.28. The summed E-state index contributed by atoms with van der Waals surface area (Å²) < 4.78 is 0. The smallest absolute Gasteiger partial charge is 0.249 e. The number of unbranched alkanes of at least 4 members (excludes halogenated alkanes) is 52. The average molecular weight is 1110 g/mol. The van der Waals surface area contributed by atoms with Gasteiger partial charge in [-0.2, -0.15) is 0 Å². The zero-order valence-corrected chi connectivity index (χ0v) is 53.4. The summed E-state index contributed by atoms with van der Waals surface area (Å²) in [4.78, 5) is 12.7. The third kappa shape index (κ3) is 60.9. The average Bonchev–Trinajstić information content (AvgIpc) is 3.45. The highest BCUT2D eigenvalue weighted by Crippen LogP contribution is 2.19. The molecule has 0 aromatic rings. The van der Waals surface area contributed by atoms with Crippen LogP contribution in [-0.2, 0) is 4.79 Å². The monoisotopic (exact) mass is 1110 g/mol. The van der Waals surface area contributed by atoms with Crippen LogP contribution in [0.3, 0.4) is 0 Å². The van der Waals surface area contributed by atoms with Gasteiger partial charge in [0.1, 0.15) is 12.2 Å². The molecule has 0 saturated carbocycles. The van der Waals surface area contributed by atoms with Crippen molar-refractivity contribution in [3.05, 3.63) is 36.5 Å². The minimum absolute atomic E-state index is 0.365. The molecule has 6 nitrogen and oxygen atoms in total. The van der Waals surface area contributed by atoms with Crippen molar-refractivity contribution in [3.63, 3.8) is 0 Å². The van der Waals surface area contributed by atoms with Gasteiger partial charge in [-0.05, 0) is 70.6 Å². The lowest BCUT2D eigenvalue weighted by atomic mass is 10.00. The lowest BCUT2D eigenvalue weighted by Crippen LogP contribution is -2.53. The van der Waals surface area contributed by atoms with Gasteiger partial charge in [0.05, 0.1) is 18.8 Å². The van der Waals surface area contributed by atoms with Gasteiger partial charge in [0.15, 0.2) is 0 Å². The van der Waals surface area contributed by atoms with Crippen LogP contribution < -0.4 is 5.32 Å². The molecule has 468 valence electrons. The maximum absolute atomic E-state index is 12.7. The normalized spacial score (nSPS) is 13.6. The third-order valence-corrected chi connectivity index (χ3v) is 17.1. The molecular weight excluding hydrogens is 971 g/mol. The molecule has 0 rings (SSSR count). The number of aliphatic hydroxyl groups excluding tert-OH is 4. The summed E-state index contributed by atoms with van der Waals surface area (Å²) in [6.45, 7) is 4.10. The highest BCUT2D eigenvalue weighted by molar-refractivity contribution is 5.80. The van der Waals surface area contributed by atoms with Gasteiger partial charge in [-0.3, -0.25) is 4.79 Å². The maximum Gasteiger partial charge on any atom is 0.249 e. The molecule has 0 aromatic heterocycles. The van der Waals surface area contributed by atoms with Gasteiger partial charge in [-0.25, -0.2) is 0 Å². The predicted octanol–water partition coefficient (Wildman–Crippen LogP) is 22.3. The molecule has 5 N–H and O–H groups in total. The molecule has 0 bridgehead atoms. The fourth-order valence-electron chi connectivity index (χ4n) is 11.5. The summed E-state index contributed by atoms with van der Waals surface area (Å²) in [7, 11) is 0. The lowest BCUT2D eigenvalue weighted by molar-refractivity contribution is -0.132. The van der Waals surface area contributed by atoms with Gasteiger partial charge >= 0.3 is 0 Å². The molecule has 0 radical (unpaired) electrons. The van der Waals surface area contributed by atoms with Gasteiger partial charge in [-0.1, -0.05) is 359 Å². The Kier molecular flexibility index (Phi) is 66.1. The molecule has 0 aromatic carbocycles. The van der Waals surface area contributed by atoms with E-state index in [1.807, 2.05) is 0 Å². The number of rotatable bonds is 67. The van der Waals surface area contributed by atoms with Crippen molar-refractivity contribution in [2.75, 3.05) is 6.61 Å². The van der Waals surface area contributed by atoms with Crippen molar-refractivity contribution in [1.29, 1.82) is 0 Å². The summed E-state index contributed by atoms with van der Waals surface area (Å²) in [5.74, 6) is -0.587. The van der Waals surface area contributed by atoms with Crippen molar-refractivity contribution >= 4 is 5.91 Å². The number of amides is 1. The molecule has 79 heavy (non-hydrogen) atoms. The van der Waals surface area contributed by atoms with Gasteiger partial charge in [0.25, 0.3) is 0 Å². The Morgan fingerprint density at radius 1 is 0.316 bits per heavy atom. The zero-order valence-electron chi connectivity index (χ0n) is 53.4. The zero-order chi connectivity index (χ0) is 57.3. The van der Waals surface area contributed by atoms with Crippen LogP contribution in [0, 0.1) is 0 Å². The van der Waals surface area contributed by atoms with E-state index < -0.39 is 36.9 Å². The standard InChI is InChI=1S/C73H141NO5/c1-3-5-7-9-11-13-15-17-19-21-23-25-27-29-30-31-32-33-34-35-36-37-38-39-40-41-43-45-47-49-51-53-55-57-59-61-63-65-67-71(77)73(79)74-69(68-75)72(78)70(76)66-64-62-60-58-56-54-52-50-48-46-44-42-28-26-24-22-20-18-16-14-12-10-8-6-4-2/h32-33,35-36,58,60,69-72,75-78H,3-31,34,37-57,59,61-68H2,1-2H3,(H,74,79)/b33-32-,36-35-,60-58+. The van der Waals surface area contributed by atoms with Crippen molar-refractivity contribution in [1.82, 2.24) is 5.32 Å². The van der Waals surface area contributed by atoms with Crippen LogP contribution in [0.5, 0.6) is 0 Å². The molecule has 0 aliphatic rings.